The van der Waals surface area contributed by atoms with Gasteiger partial charge in [-0.25, -0.2) is 0 Å². The van der Waals surface area contributed by atoms with Crippen LogP contribution < -0.4 is 10.6 Å². The Morgan fingerprint density at radius 1 is 0.548 bits per heavy atom. The molecule has 0 atom stereocenters. The monoisotopic (exact) mass is 404 g/mol. The lowest BCUT2D eigenvalue weighted by Crippen LogP contribution is -2.19. The summed E-state index contributed by atoms with van der Waals surface area (Å²) in [5.41, 5.74) is 5.16. The van der Waals surface area contributed by atoms with E-state index in [0.29, 0.717) is 12.0 Å². The van der Waals surface area contributed by atoms with Gasteiger partial charge in [0.25, 0.3) is 5.91 Å². The lowest BCUT2D eigenvalue weighted by molar-refractivity contribution is -0.111. The van der Waals surface area contributed by atoms with Gasteiger partial charge < -0.3 is 10.6 Å². The van der Waals surface area contributed by atoms with Crippen LogP contribution in [0.2, 0.25) is 0 Å². The Kier molecular flexibility index (Phi) is 6.56. The third kappa shape index (κ3) is 5.49. The quantitative estimate of drug-likeness (QED) is 0.350. The highest BCUT2D eigenvalue weighted by atomic mass is 16.1. The topological polar surface area (TPSA) is 41.1 Å². The molecule has 2 N–H and O–H groups in total. The van der Waals surface area contributed by atoms with Gasteiger partial charge in [0.2, 0.25) is 0 Å². The summed E-state index contributed by atoms with van der Waals surface area (Å²) >= 11 is 0. The van der Waals surface area contributed by atoms with Gasteiger partial charge in [0.1, 0.15) is 0 Å². The second kappa shape index (κ2) is 10.1. The molecule has 4 aromatic carbocycles. The fourth-order valence-electron chi connectivity index (χ4n) is 3.45. The first-order valence-corrected chi connectivity index (χ1v) is 10.3. The standard InChI is InChI=1S/C28H24N2O/c31-28(30-25-19-11-4-12-20-25)27(23-15-7-2-8-16-23)26(21-22-13-5-1-6-14-22)29-24-17-9-3-10-18-24/h1-20,29H,21H2,(H,30,31)/b27-26-. The lowest BCUT2D eigenvalue weighted by Gasteiger charge is -2.18. The van der Waals surface area contributed by atoms with Gasteiger partial charge in [0, 0.05) is 23.5 Å². The van der Waals surface area contributed by atoms with E-state index in [-0.39, 0.29) is 5.91 Å². The molecule has 152 valence electrons. The maximum atomic E-state index is 13.5. The summed E-state index contributed by atoms with van der Waals surface area (Å²) < 4.78 is 0. The zero-order valence-electron chi connectivity index (χ0n) is 17.2. The van der Waals surface area contributed by atoms with E-state index in [2.05, 4.69) is 22.8 Å². The first-order valence-electron chi connectivity index (χ1n) is 10.3. The third-order valence-electron chi connectivity index (χ3n) is 4.92. The van der Waals surface area contributed by atoms with Gasteiger partial charge in [0.15, 0.2) is 0 Å². The van der Waals surface area contributed by atoms with Gasteiger partial charge in [0.05, 0.1) is 5.57 Å². The number of benzene rings is 4. The van der Waals surface area contributed by atoms with Crippen LogP contribution in [0.25, 0.3) is 5.57 Å². The van der Waals surface area contributed by atoms with Gasteiger partial charge >= 0.3 is 0 Å². The van der Waals surface area contributed by atoms with Gasteiger partial charge in [-0.3, -0.25) is 4.79 Å². The molecule has 0 saturated heterocycles. The van der Waals surface area contributed by atoms with Crippen LogP contribution in [0.1, 0.15) is 11.1 Å². The molecular formula is C28H24N2O. The first-order chi connectivity index (χ1) is 15.3. The number of allylic oxidation sites excluding steroid dienone is 1. The Bertz CT molecular complexity index is 1100. The van der Waals surface area contributed by atoms with E-state index in [4.69, 9.17) is 0 Å². The average molecular weight is 405 g/mol. The molecule has 0 spiro atoms. The number of carbonyl (C=O) groups excluding carboxylic acids is 1. The second-order valence-electron chi connectivity index (χ2n) is 7.19. The van der Waals surface area contributed by atoms with Crippen molar-refractivity contribution in [3.63, 3.8) is 0 Å². The maximum absolute atomic E-state index is 13.5. The van der Waals surface area contributed by atoms with Gasteiger partial charge in [-0.2, -0.15) is 0 Å². The van der Waals surface area contributed by atoms with Crippen LogP contribution in [0.4, 0.5) is 11.4 Å². The molecule has 0 aliphatic carbocycles. The molecule has 0 aliphatic heterocycles. The number of nitrogens with one attached hydrogen (secondary N) is 2. The fraction of sp³-hybridized carbons (Fsp3) is 0.0357. The number of para-hydroxylation sites is 2. The molecule has 4 aromatic rings. The Morgan fingerprint density at radius 2 is 1.00 bits per heavy atom. The molecule has 3 heteroatoms. The molecule has 0 saturated carbocycles. The molecule has 0 unspecified atom stereocenters. The highest BCUT2D eigenvalue weighted by Crippen LogP contribution is 2.25. The van der Waals surface area contributed by atoms with Crippen molar-refractivity contribution < 1.29 is 4.79 Å². The van der Waals surface area contributed by atoms with Gasteiger partial charge in [-0.05, 0) is 35.4 Å². The van der Waals surface area contributed by atoms with Crippen molar-refractivity contribution >= 4 is 22.9 Å². The Labute approximate surface area is 183 Å². The van der Waals surface area contributed by atoms with Crippen LogP contribution in [-0.2, 0) is 11.2 Å². The average Bonchev–Trinajstić information content (AvgIpc) is 2.82. The van der Waals surface area contributed by atoms with Gasteiger partial charge in [-0.15, -0.1) is 0 Å². The minimum Gasteiger partial charge on any atom is -0.358 e. The van der Waals surface area contributed by atoms with Crippen LogP contribution >= 0.6 is 0 Å². The third-order valence-corrected chi connectivity index (χ3v) is 4.92. The van der Waals surface area contributed by atoms with Crippen molar-refractivity contribution in [2.45, 2.75) is 6.42 Å². The molecule has 4 rings (SSSR count). The molecule has 0 heterocycles. The van der Waals surface area contributed by atoms with E-state index in [1.54, 1.807) is 0 Å². The van der Waals surface area contributed by atoms with Crippen molar-refractivity contribution in [2.24, 2.45) is 0 Å². The van der Waals surface area contributed by atoms with Crippen LogP contribution in [-0.4, -0.2) is 5.91 Å². The SMILES string of the molecule is O=C(Nc1ccccc1)/C(=C(/Cc1ccccc1)Nc1ccccc1)c1ccccc1. The van der Waals surface area contributed by atoms with Crippen LogP contribution in [0, 0.1) is 0 Å². The summed E-state index contributed by atoms with van der Waals surface area (Å²) in [5, 5.41) is 6.57. The highest BCUT2D eigenvalue weighted by Gasteiger charge is 2.19. The van der Waals surface area contributed by atoms with Crippen molar-refractivity contribution in [1.29, 1.82) is 0 Å². The fourth-order valence-corrected chi connectivity index (χ4v) is 3.45. The van der Waals surface area contributed by atoms with Crippen molar-refractivity contribution in [1.82, 2.24) is 0 Å². The number of carbonyl (C=O) groups is 1. The van der Waals surface area contributed by atoms with Crippen LogP contribution in [0.5, 0.6) is 0 Å². The number of hydrogen-bond donors (Lipinski definition) is 2. The molecule has 3 nitrogen and oxygen atoms in total. The molecule has 0 bridgehead atoms. The van der Waals surface area contributed by atoms with Crippen LogP contribution in [0.15, 0.2) is 127 Å². The minimum absolute atomic E-state index is 0.147. The number of amides is 1. The Hall–Kier alpha value is -4.11. The summed E-state index contributed by atoms with van der Waals surface area (Å²) in [6.07, 6.45) is 0.599. The number of rotatable bonds is 7. The predicted molar refractivity (Wildman–Crippen MR) is 129 cm³/mol. The minimum atomic E-state index is -0.147. The Morgan fingerprint density at radius 3 is 1.55 bits per heavy atom. The first kappa shape index (κ1) is 20.2. The van der Waals surface area contributed by atoms with Crippen molar-refractivity contribution in [2.75, 3.05) is 10.6 Å². The van der Waals surface area contributed by atoms with Crippen molar-refractivity contribution in [3.8, 4) is 0 Å². The molecular weight excluding hydrogens is 380 g/mol. The summed E-state index contributed by atoms with van der Waals surface area (Å²) in [7, 11) is 0. The van der Waals surface area contributed by atoms with Crippen LogP contribution in [0.3, 0.4) is 0 Å². The molecule has 0 aliphatic rings. The summed E-state index contributed by atoms with van der Waals surface area (Å²) in [6.45, 7) is 0. The van der Waals surface area contributed by atoms with E-state index < -0.39 is 0 Å². The van der Waals surface area contributed by atoms with E-state index >= 15 is 0 Å². The summed E-state index contributed by atoms with van der Waals surface area (Å²) in [4.78, 5) is 13.5. The second-order valence-corrected chi connectivity index (χ2v) is 7.19. The largest absolute Gasteiger partial charge is 0.358 e. The van der Waals surface area contributed by atoms with E-state index in [9.17, 15) is 4.79 Å². The molecule has 0 radical (unpaired) electrons. The molecule has 1 amide bonds. The van der Waals surface area contributed by atoms with E-state index in [1.807, 2.05) is 109 Å². The molecule has 0 aromatic heterocycles. The zero-order chi connectivity index (χ0) is 21.3. The highest BCUT2D eigenvalue weighted by molar-refractivity contribution is 6.26. The Balaban J connectivity index is 1.80. The van der Waals surface area contributed by atoms with Crippen molar-refractivity contribution in [3.05, 3.63) is 138 Å². The summed E-state index contributed by atoms with van der Waals surface area (Å²) in [5.74, 6) is -0.147. The zero-order valence-corrected chi connectivity index (χ0v) is 17.2. The smallest absolute Gasteiger partial charge is 0.258 e. The number of anilines is 2. The number of hydrogen-bond acceptors (Lipinski definition) is 2. The normalized spacial score (nSPS) is 11.4. The van der Waals surface area contributed by atoms with E-state index in [1.165, 1.54) is 0 Å². The maximum Gasteiger partial charge on any atom is 0.258 e. The lowest BCUT2D eigenvalue weighted by atomic mass is 9.98. The molecule has 0 fully saturated rings. The summed E-state index contributed by atoms with van der Waals surface area (Å²) in [6, 6.07) is 39.5. The predicted octanol–water partition coefficient (Wildman–Crippen LogP) is 6.39. The van der Waals surface area contributed by atoms with Gasteiger partial charge in [-0.1, -0.05) is 97.1 Å². The molecule has 31 heavy (non-hydrogen) atoms. The van der Waals surface area contributed by atoms with E-state index in [0.717, 1.165) is 28.2 Å².